The standard InChI is InChI=1S/C16H21ClN2O2/c1-12-3-2-8-19(11-12)16(21)10-18-15(20)9-13-4-6-14(17)7-5-13/h4-7,12H,2-3,8-11H2,1H3,(H,18,20). The Kier molecular flexibility index (Phi) is 5.62. The first kappa shape index (κ1) is 15.8. The van der Waals surface area contributed by atoms with Crippen LogP contribution >= 0.6 is 11.6 Å². The number of carbonyl (C=O) groups excluding carboxylic acids is 2. The quantitative estimate of drug-likeness (QED) is 0.927. The first-order valence-electron chi connectivity index (χ1n) is 7.33. The van der Waals surface area contributed by atoms with Crippen LogP contribution in [0.3, 0.4) is 0 Å². The van der Waals surface area contributed by atoms with Crippen LogP contribution in [0.2, 0.25) is 5.02 Å². The molecule has 1 saturated heterocycles. The highest BCUT2D eigenvalue weighted by Crippen LogP contribution is 2.15. The number of hydrogen-bond donors (Lipinski definition) is 1. The monoisotopic (exact) mass is 308 g/mol. The van der Waals surface area contributed by atoms with Gasteiger partial charge in [0.05, 0.1) is 13.0 Å². The summed E-state index contributed by atoms with van der Waals surface area (Å²) in [6.07, 6.45) is 2.49. The van der Waals surface area contributed by atoms with E-state index in [2.05, 4.69) is 12.2 Å². The zero-order chi connectivity index (χ0) is 15.2. The van der Waals surface area contributed by atoms with Gasteiger partial charge in [0.1, 0.15) is 0 Å². The van der Waals surface area contributed by atoms with E-state index in [9.17, 15) is 9.59 Å². The number of nitrogens with one attached hydrogen (secondary N) is 1. The third-order valence-corrected chi connectivity index (χ3v) is 3.98. The van der Waals surface area contributed by atoms with Gasteiger partial charge in [-0.25, -0.2) is 0 Å². The second-order valence-corrected chi connectivity index (χ2v) is 6.10. The lowest BCUT2D eigenvalue weighted by atomic mass is 10.0. The van der Waals surface area contributed by atoms with Crippen LogP contribution in [-0.2, 0) is 16.0 Å². The molecule has 114 valence electrons. The number of halogens is 1. The van der Waals surface area contributed by atoms with Crippen LogP contribution in [0.15, 0.2) is 24.3 Å². The van der Waals surface area contributed by atoms with Crippen LogP contribution in [0, 0.1) is 5.92 Å². The van der Waals surface area contributed by atoms with E-state index < -0.39 is 0 Å². The Labute approximate surface area is 130 Å². The van der Waals surface area contributed by atoms with E-state index >= 15 is 0 Å². The van der Waals surface area contributed by atoms with E-state index in [1.165, 1.54) is 6.42 Å². The average molecular weight is 309 g/mol. The first-order chi connectivity index (χ1) is 10.0. The highest BCUT2D eigenvalue weighted by molar-refractivity contribution is 6.30. The van der Waals surface area contributed by atoms with E-state index in [4.69, 9.17) is 11.6 Å². The van der Waals surface area contributed by atoms with Crippen molar-refractivity contribution in [2.24, 2.45) is 5.92 Å². The molecule has 1 fully saturated rings. The normalized spacial score (nSPS) is 18.4. The fourth-order valence-electron chi connectivity index (χ4n) is 2.55. The molecule has 0 bridgehead atoms. The molecule has 0 aliphatic carbocycles. The van der Waals surface area contributed by atoms with Gasteiger partial charge in [0.2, 0.25) is 11.8 Å². The largest absolute Gasteiger partial charge is 0.347 e. The van der Waals surface area contributed by atoms with Gasteiger partial charge in [0.15, 0.2) is 0 Å². The lowest BCUT2D eigenvalue weighted by molar-refractivity contribution is -0.134. The zero-order valence-corrected chi connectivity index (χ0v) is 13.0. The molecule has 1 unspecified atom stereocenters. The van der Waals surface area contributed by atoms with Gasteiger partial charge in [-0.1, -0.05) is 30.7 Å². The minimum Gasteiger partial charge on any atom is -0.347 e. The summed E-state index contributed by atoms with van der Waals surface area (Å²) in [5.41, 5.74) is 0.885. The summed E-state index contributed by atoms with van der Waals surface area (Å²) in [5, 5.41) is 3.34. The number of rotatable bonds is 4. The molecular weight excluding hydrogens is 288 g/mol. The van der Waals surface area contributed by atoms with Crippen LogP contribution in [0.25, 0.3) is 0 Å². The topological polar surface area (TPSA) is 49.4 Å². The van der Waals surface area contributed by atoms with E-state index in [-0.39, 0.29) is 24.8 Å². The number of hydrogen-bond acceptors (Lipinski definition) is 2. The number of carbonyl (C=O) groups is 2. The van der Waals surface area contributed by atoms with E-state index in [0.717, 1.165) is 25.1 Å². The molecule has 0 radical (unpaired) electrons. The summed E-state index contributed by atoms with van der Waals surface area (Å²) < 4.78 is 0. The highest BCUT2D eigenvalue weighted by atomic mass is 35.5. The van der Waals surface area contributed by atoms with Crippen LogP contribution in [0.4, 0.5) is 0 Å². The highest BCUT2D eigenvalue weighted by Gasteiger charge is 2.20. The predicted octanol–water partition coefficient (Wildman–Crippen LogP) is 2.26. The smallest absolute Gasteiger partial charge is 0.241 e. The second kappa shape index (κ2) is 7.46. The van der Waals surface area contributed by atoms with Crippen molar-refractivity contribution in [1.29, 1.82) is 0 Å². The molecule has 1 aliphatic rings. The predicted molar refractivity (Wildman–Crippen MR) is 83.1 cm³/mol. The summed E-state index contributed by atoms with van der Waals surface area (Å²) >= 11 is 5.80. The van der Waals surface area contributed by atoms with Crippen molar-refractivity contribution in [3.8, 4) is 0 Å². The minimum atomic E-state index is -0.143. The molecule has 1 atom stereocenters. The average Bonchev–Trinajstić information content (AvgIpc) is 2.47. The molecule has 5 heteroatoms. The van der Waals surface area contributed by atoms with Crippen LogP contribution in [0.5, 0.6) is 0 Å². The fraction of sp³-hybridized carbons (Fsp3) is 0.500. The SMILES string of the molecule is CC1CCCN(C(=O)CNC(=O)Cc2ccc(Cl)cc2)C1. The summed E-state index contributed by atoms with van der Waals surface area (Å²) in [6, 6.07) is 7.14. The Hall–Kier alpha value is -1.55. The molecule has 0 aromatic heterocycles. The summed E-state index contributed by atoms with van der Waals surface area (Å²) in [5.74, 6) is 0.411. The first-order valence-corrected chi connectivity index (χ1v) is 7.71. The number of benzene rings is 1. The summed E-state index contributed by atoms with van der Waals surface area (Å²) in [6.45, 7) is 3.83. The number of likely N-dealkylation sites (tertiary alicyclic amines) is 1. The fourth-order valence-corrected chi connectivity index (χ4v) is 2.68. The van der Waals surface area contributed by atoms with Gasteiger partial charge in [0, 0.05) is 18.1 Å². The molecule has 1 aliphatic heterocycles. The third kappa shape index (κ3) is 5.05. The van der Waals surface area contributed by atoms with Crippen molar-refractivity contribution in [3.05, 3.63) is 34.9 Å². The van der Waals surface area contributed by atoms with Gasteiger partial charge in [-0.2, -0.15) is 0 Å². The van der Waals surface area contributed by atoms with Crippen LogP contribution < -0.4 is 5.32 Å². The summed E-state index contributed by atoms with van der Waals surface area (Å²) in [4.78, 5) is 25.7. The lowest BCUT2D eigenvalue weighted by Gasteiger charge is -2.31. The Morgan fingerprint density at radius 3 is 2.71 bits per heavy atom. The lowest BCUT2D eigenvalue weighted by Crippen LogP contribution is -2.44. The molecule has 2 rings (SSSR count). The molecule has 21 heavy (non-hydrogen) atoms. The van der Waals surface area contributed by atoms with Crippen molar-refractivity contribution in [2.45, 2.75) is 26.2 Å². The van der Waals surface area contributed by atoms with Gasteiger partial charge >= 0.3 is 0 Å². The minimum absolute atomic E-state index is 0.00556. The van der Waals surface area contributed by atoms with Crippen LogP contribution in [-0.4, -0.2) is 36.3 Å². The Bertz CT molecular complexity index is 502. The van der Waals surface area contributed by atoms with Gasteiger partial charge in [-0.05, 0) is 36.5 Å². The van der Waals surface area contributed by atoms with Crippen molar-refractivity contribution in [2.75, 3.05) is 19.6 Å². The van der Waals surface area contributed by atoms with E-state index in [1.807, 2.05) is 17.0 Å². The molecule has 1 heterocycles. The van der Waals surface area contributed by atoms with Crippen molar-refractivity contribution in [1.82, 2.24) is 10.2 Å². The van der Waals surface area contributed by atoms with E-state index in [1.54, 1.807) is 12.1 Å². The van der Waals surface area contributed by atoms with Gasteiger partial charge in [-0.3, -0.25) is 9.59 Å². The second-order valence-electron chi connectivity index (χ2n) is 5.67. The molecule has 1 N–H and O–H groups in total. The van der Waals surface area contributed by atoms with Crippen LogP contribution in [0.1, 0.15) is 25.3 Å². The molecule has 2 amide bonds. The Morgan fingerprint density at radius 2 is 2.05 bits per heavy atom. The molecule has 1 aromatic carbocycles. The third-order valence-electron chi connectivity index (χ3n) is 3.72. The molecule has 1 aromatic rings. The molecule has 0 spiro atoms. The number of amides is 2. The van der Waals surface area contributed by atoms with Gasteiger partial charge < -0.3 is 10.2 Å². The maximum Gasteiger partial charge on any atom is 0.241 e. The van der Waals surface area contributed by atoms with E-state index in [0.29, 0.717) is 10.9 Å². The number of nitrogens with zero attached hydrogens (tertiary/aromatic N) is 1. The van der Waals surface area contributed by atoms with Crippen molar-refractivity contribution in [3.63, 3.8) is 0 Å². The van der Waals surface area contributed by atoms with Gasteiger partial charge in [0.25, 0.3) is 0 Å². The maximum absolute atomic E-state index is 12.0. The van der Waals surface area contributed by atoms with Crippen molar-refractivity contribution >= 4 is 23.4 Å². The Balaban J connectivity index is 1.75. The molecule has 0 saturated carbocycles. The Morgan fingerprint density at radius 1 is 1.33 bits per heavy atom. The van der Waals surface area contributed by atoms with Gasteiger partial charge in [-0.15, -0.1) is 0 Å². The molecular formula is C16H21ClN2O2. The summed E-state index contributed by atoms with van der Waals surface area (Å²) in [7, 11) is 0. The van der Waals surface area contributed by atoms with Crippen molar-refractivity contribution < 1.29 is 9.59 Å². The number of piperidine rings is 1. The zero-order valence-electron chi connectivity index (χ0n) is 12.3. The molecule has 4 nitrogen and oxygen atoms in total. The maximum atomic E-state index is 12.0.